The van der Waals surface area contributed by atoms with Gasteiger partial charge in [0.1, 0.15) is 5.69 Å². The SMILES string of the molecule is N#Cc1cccc(-c2cnc3c(c2)NC(=O)C2(CCN(C#N)C2)O3)c1. The first-order chi connectivity index (χ1) is 12.1. The second-order valence-corrected chi connectivity index (χ2v) is 6.09. The van der Waals surface area contributed by atoms with E-state index in [9.17, 15) is 4.79 Å². The molecule has 1 spiro atoms. The number of aromatic nitrogens is 1. The lowest BCUT2D eigenvalue weighted by atomic mass is 9.99. The summed E-state index contributed by atoms with van der Waals surface area (Å²) in [5.41, 5.74) is 1.60. The largest absolute Gasteiger partial charge is 0.457 e. The Kier molecular flexibility index (Phi) is 3.29. The fraction of sp³-hybridized carbons (Fsp3) is 0.222. The average molecular weight is 331 g/mol. The molecule has 4 rings (SSSR count). The van der Waals surface area contributed by atoms with Gasteiger partial charge in [-0.15, -0.1) is 0 Å². The smallest absolute Gasteiger partial charge is 0.270 e. The monoisotopic (exact) mass is 331 g/mol. The molecule has 0 saturated carbocycles. The van der Waals surface area contributed by atoms with Crippen molar-refractivity contribution in [1.29, 1.82) is 10.5 Å². The normalized spacial score (nSPS) is 21.0. The first-order valence-electron chi connectivity index (χ1n) is 7.79. The van der Waals surface area contributed by atoms with Crippen LogP contribution in [0, 0.1) is 22.8 Å². The molecule has 2 aliphatic rings. The highest BCUT2D eigenvalue weighted by Gasteiger charge is 2.50. The van der Waals surface area contributed by atoms with Gasteiger partial charge in [0.05, 0.1) is 18.2 Å². The van der Waals surface area contributed by atoms with E-state index in [-0.39, 0.29) is 12.5 Å². The topological polar surface area (TPSA) is 102 Å². The van der Waals surface area contributed by atoms with E-state index < -0.39 is 5.60 Å². The number of carbonyl (C=O) groups is 1. The van der Waals surface area contributed by atoms with Crippen molar-refractivity contribution in [3.63, 3.8) is 0 Å². The van der Waals surface area contributed by atoms with E-state index in [1.54, 1.807) is 30.5 Å². The maximum Gasteiger partial charge on any atom is 0.270 e. The van der Waals surface area contributed by atoms with Crippen molar-refractivity contribution in [3.05, 3.63) is 42.1 Å². The van der Waals surface area contributed by atoms with Crippen LogP contribution in [0.1, 0.15) is 12.0 Å². The number of likely N-dealkylation sites (tertiary alicyclic amines) is 1. The van der Waals surface area contributed by atoms with E-state index >= 15 is 0 Å². The summed E-state index contributed by atoms with van der Waals surface area (Å²) in [4.78, 5) is 18.4. The van der Waals surface area contributed by atoms with Crippen LogP contribution < -0.4 is 10.1 Å². The summed E-state index contributed by atoms with van der Waals surface area (Å²) in [5, 5.41) is 20.9. The maximum absolute atomic E-state index is 12.5. The molecule has 0 aliphatic carbocycles. The number of ether oxygens (including phenoxy) is 1. The number of fused-ring (bicyclic) bond motifs is 1. The summed E-state index contributed by atoms with van der Waals surface area (Å²) in [7, 11) is 0. The Labute approximate surface area is 144 Å². The van der Waals surface area contributed by atoms with E-state index in [1.807, 2.05) is 12.3 Å². The summed E-state index contributed by atoms with van der Waals surface area (Å²) in [5.74, 6) is 0.0852. The number of carbonyl (C=O) groups excluding carboxylic acids is 1. The van der Waals surface area contributed by atoms with Crippen LogP contribution in [-0.4, -0.2) is 34.5 Å². The fourth-order valence-electron chi connectivity index (χ4n) is 3.15. The van der Waals surface area contributed by atoms with Crippen LogP contribution in [-0.2, 0) is 4.79 Å². The Morgan fingerprint density at radius 2 is 2.16 bits per heavy atom. The second-order valence-electron chi connectivity index (χ2n) is 6.09. The molecule has 122 valence electrons. The number of nitriles is 2. The van der Waals surface area contributed by atoms with Gasteiger partial charge in [-0.25, -0.2) is 4.98 Å². The molecule has 1 amide bonds. The van der Waals surface area contributed by atoms with Crippen LogP contribution in [0.3, 0.4) is 0 Å². The number of anilines is 1. The molecule has 1 atom stereocenters. The predicted molar refractivity (Wildman–Crippen MR) is 88.2 cm³/mol. The fourth-order valence-corrected chi connectivity index (χ4v) is 3.15. The zero-order valence-corrected chi connectivity index (χ0v) is 13.2. The Bertz CT molecular complexity index is 959. The molecule has 3 heterocycles. The number of amides is 1. The van der Waals surface area contributed by atoms with E-state index in [0.717, 1.165) is 11.1 Å². The minimum absolute atomic E-state index is 0.225. The van der Waals surface area contributed by atoms with Gasteiger partial charge in [-0.1, -0.05) is 12.1 Å². The molecular weight excluding hydrogens is 318 g/mol. The molecule has 1 fully saturated rings. The standard InChI is InChI=1S/C18H13N5O2/c19-8-12-2-1-3-13(6-12)14-7-15-16(21-9-14)25-18(17(24)22-15)4-5-23(10-18)11-20/h1-3,6-7,9H,4-5,10H2,(H,22,24). The van der Waals surface area contributed by atoms with Crippen molar-refractivity contribution in [2.24, 2.45) is 0 Å². The summed E-state index contributed by atoms with van der Waals surface area (Å²) < 4.78 is 5.89. The molecule has 7 nitrogen and oxygen atoms in total. The zero-order valence-electron chi connectivity index (χ0n) is 13.2. The summed E-state index contributed by atoms with van der Waals surface area (Å²) in [6, 6.07) is 11.0. The first-order valence-corrected chi connectivity index (χ1v) is 7.79. The number of benzene rings is 1. The third-order valence-corrected chi connectivity index (χ3v) is 4.50. The van der Waals surface area contributed by atoms with Gasteiger partial charge in [0, 0.05) is 24.7 Å². The molecule has 2 aromatic rings. The number of hydrogen-bond donors (Lipinski definition) is 1. The molecule has 1 N–H and O–H groups in total. The van der Waals surface area contributed by atoms with Gasteiger partial charge >= 0.3 is 0 Å². The van der Waals surface area contributed by atoms with E-state index in [2.05, 4.69) is 16.4 Å². The van der Waals surface area contributed by atoms with E-state index in [1.165, 1.54) is 4.90 Å². The van der Waals surface area contributed by atoms with E-state index in [0.29, 0.717) is 30.1 Å². The van der Waals surface area contributed by atoms with Gasteiger partial charge in [0.15, 0.2) is 6.19 Å². The molecule has 1 aromatic heterocycles. The number of nitrogens with one attached hydrogen (secondary N) is 1. The minimum Gasteiger partial charge on any atom is -0.457 e. The number of hydrogen-bond acceptors (Lipinski definition) is 6. The molecule has 1 aromatic carbocycles. The van der Waals surface area contributed by atoms with Crippen LogP contribution in [0.5, 0.6) is 5.88 Å². The summed E-state index contributed by atoms with van der Waals surface area (Å²) >= 11 is 0. The molecule has 0 bridgehead atoms. The summed E-state index contributed by atoms with van der Waals surface area (Å²) in [6.45, 7) is 0.709. The predicted octanol–water partition coefficient (Wildman–Crippen LogP) is 1.88. The van der Waals surface area contributed by atoms with Crippen LogP contribution in [0.4, 0.5) is 5.69 Å². The molecule has 1 saturated heterocycles. The lowest BCUT2D eigenvalue weighted by Gasteiger charge is -2.33. The van der Waals surface area contributed by atoms with E-state index in [4.69, 9.17) is 15.3 Å². The van der Waals surface area contributed by atoms with Crippen molar-refractivity contribution >= 4 is 11.6 Å². The molecular formula is C18H13N5O2. The Morgan fingerprint density at radius 3 is 2.92 bits per heavy atom. The van der Waals surface area contributed by atoms with Crippen molar-refractivity contribution in [2.75, 3.05) is 18.4 Å². The Morgan fingerprint density at radius 1 is 1.28 bits per heavy atom. The average Bonchev–Trinajstić information content (AvgIpc) is 3.06. The molecule has 25 heavy (non-hydrogen) atoms. The van der Waals surface area contributed by atoms with Crippen molar-refractivity contribution in [1.82, 2.24) is 9.88 Å². The highest BCUT2D eigenvalue weighted by atomic mass is 16.5. The van der Waals surface area contributed by atoms with Crippen LogP contribution >= 0.6 is 0 Å². The lowest BCUT2D eigenvalue weighted by molar-refractivity contribution is -0.131. The van der Waals surface area contributed by atoms with Gasteiger partial charge in [-0.3, -0.25) is 4.79 Å². The second kappa shape index (κ2) is 5.50. The Hall–Kier alpha value is -3.58. The van der Waals surface area contributed by atoms with Gasteiger partial charge in [-0.2, -0.15) is 10.5 Å². The van der Waals surface area contributed by atoms with Crippen LogP contribution in [0.15, 0.2) is 36.5 Å². The molecule has 1 unspecified atom stereocenters. The van der Waals surface area contributed by atoms with Gasteiger partial charge in [0.25, 0.3) is 5.91 Å². The third-order valence-electron chi connectivity index (χ3n) is 4.50. The van der Waals surface area contributed by atoms with Gasteiger partial charge in [-0.05, 0) is 23.8 Å². The van der Waals surface area contributed by atoms with Crippen molar-refractivity contribution < 1.29 is 9.53 Å². The molecule has 2 aliphatic heterocycles. The van der Waals surface area contributed by atoms with Crippen molar-refractivity contribution in [3.8, 4) is 29.3 Å². The van der Waals surface area contributed by atoms with Crippen LogP contribution in [0.25, 0.3) is 11.1 Å². The number of rotatable bonds is 1. The first kappa shape index (κ1) is 15.0. The number of pyridine rings is 1. The van der Waals surface area contributed by atoms with Crippen LogP contribution in [0.2, 0.25) is 0 Å². The summed E-state index contributed by atoms with van der Waals surface area (Å²) in [6.07, 6.45) is 4.14. The minimum atomic E-state index is -1.06. The highest BCUT2D eigenvalue weighted by molar-refractivity contribution is 6.01. The zero-order chi connectivity index (χ0) is 17.4. The van der Waals surface area contributed by atoms with Crippen molar-refractivity contribution in [2.45, 2.75) is 12.0 Å². The Balaban J connectivity index is 1.67. The highest BCUT2D eigenvalue weighted by Crippen LogP contribution is 2.38. The van der Waals surface area contributed by atoms with Gasteiger partial charge < -0.3 is 15.0 Å². The quantitative estimate of drug-likeness (QED) is 0.801. The number of nitrogens with zero attached hydrogens (tertiary/aromatic N) is 4. The molecule has 0 radical (unpaired) electrons. The van der Waals surface area contributed by atoms with Gasteiger partial charge in [0.2, 0.25) is 11.5 Å². The maximum atomic E-state index is 12.5. The lowest BCUT2D eigenvalue weighted by Crippen LogP contribution is -2.52. The third kappa shape index (κ3) is 2.43. The molecule has 7 heteroatoms.